The number of halogens is 1. The quantitative estimate of drug-likeness (QED) is 0.713. The molecular weight excluding hydrogens is 346 g/mol. The average molecular weight is 360 g/mol. The molecule has 2 aromatic heterocycles. The maximum absolute atomic E-state index is 12.3. The molecule has 0 bridgehead atoms. The van der Waals surface area contributed by atoms with Crippen LogP contribution in [-0.2, 0) is 11.2 Å². The molecule has 1 aliphatic heterocycles. The number of benzene rings is 1. The Balaban J connectivity index is 1.36. The van der Waals surface area contributed by atoms with E-state index in [1.807, 2.05) is 35.7 Å². The van der Waals surface area contributed by atoms with Crippen molar-refractivity contribution in [3.8, 4) is 10.7 Å². The van der Waals surface area contributed by atoms with E-state index in [0.717, 1.165) is 10.4 Å². The number of likely N-dealkylation sites (tertiary alicyclic amines) is 1. The lowest BCUT2D eigenvalue weighted by molar-refractivity contribution is -0.135. The van der Waals surface area contributed by atoms with Gasteiger partial charge in [0.2, 0.25) is 17.6 Å². The molecule has 0 saturated carbocycles. The van der Waals surface area contributed by atoms with Gasteiger partial charge in [-0.15, -0.1) is 11.3 Å². The number of hydrogen-bond acceptors (Lipinski definition) is 5. The van der Waals surface area contributed by atoms with Crippen molar-refractivity contribution < 1.29 is 9.32 Å². The molecule has 24 heavy (non-hydrogen) atoms. The molecule has 1 fully saturated rings. The number of nitrogens with zero attached hydrogens (tertiary/aromatic N) is 3. The van der Waals surface area contributed by atoms with Crippen molar-refractivity contribution in [1.82, 2.24) is 15.0 Å². The van der Waals surface area contributed by atoms with Crippen molar-refractivity contribution in [2.75, 3.05) is 13.1 Å². The molecule has 122 valence electrons. The molecule has 0 atom stereocenters. The molecule has 0 N–H and O–H groups in total. The van der Waals surface area contributed by atoms with Gasteiger partial charge >= 0.3 is 0 Å². The molecule has 1 amide bonds. The smallest absolute Gasteiger partial charge is 0.233 e. The first-order valence-electron chi connectivity index (χ1n) is 7.59. The van der Waals surface area contributed by atoms with Crippen molar-refractivity contribution in [3.05, 3.63) is 58.3 Å². The lowest BCUT2D eigenvalue weighted by Crippen LogP contribution is -2.49. The van der Waals surface area contributed by atoms with Crippen molar-refractivity contribution in [2.45, 2.75) is 12.3 Å². The summed E-state index contributed by atoms with van der Waals surface area (Å²) >= 11 is 7.68. The van der Waals surface area contributed by atoms with Crippen molar-refractivity contribution in [2.24, 2.45) is 0 Å². The summed E-state index contributed by atoms with van der Waals surface area (Å²) in [5, 5.41) is 6.62. The second-order valence-electron chi connectivity index (χ2n) is 5.70. The average Bonchev–Trinajstić information content (AvgIpc) is 3.19. The van der Waals surface area contributed by atoms with Gasteiger partial charge in [0.25, 0.3) is 0 Å². The number of carbonyl (C=O) groups excluding carboxylic acids is 1. The van der Waals surface area contributed by atoms with Crippen molar-refractivity contribution in [3.63, 3.8) is 0 Å². The minimum absolute atomic E-state index is 0.0670. The first-order valence-corrected chi connectivity index (χ1v) is 8.85. The van der Waals surface area contributed by atoms with E-state index in [4.69, 9.17) is 16.1 Å². The second kappa shape index (κ2) is 6.37. The largest absolute Gasteiger partial charge is 0.341 e. The lowest BCUT2D eigenvalue weighted by Gasteiger charge is -2.37. The molecule has 1 aromatic carbocycles. The molecule has 1 saturated heterocycles. The minimum atomic E-state index is 0.0670. The van der Waals surface area contributed by atoms with Crippen LogP contribution < -0.4 is 0 Å². The summed E-state index contributed by atoms with van der Waals surface area (Å²) in [5.74, 6) is 1.39. The number of hydrogen-bond donors (Lipinski definition) is 0. The molecular formula is C17H14ClN3O2S. The van der Waals surface area contributed by atoms with Crippen LogP contribution in [0, 0.1) is 0 Å². The van der Waals surface area contributed by atoms with Gasteiger partial charge in [-0.25, -0.2) is 0 Å². The van der Waals surface area contributed by atoms with Gasteiger partial charge in [0, 0.05) is 18.1 Å². The highest BCUT2D eigenvalue weighted by molar-refractivity contribution is 7.13. The highest BCUT2D eigenvalue weighted by Gasteiger charge is 2.35. The van der Waals surface area contributed by atoms with Crippen LogP contribution >= 0.6 is 22.9 Å². The van der Waals surface area contributed by atoms with Gasteiger partial charge in [-0.2, -0.15) is 4.98 Å². The Hall–Kier alpha value is -2.18. The summed E-state index contributed by atoms with van der Waals surface area (Å²) in [7, 11) is 0. The van der Waals surface area contributed by atoms with Crippen LogP contribution in [0.1, 0.15) is 17.4 Å². The molecule has 0 unspecified atom stereocenters. The van der Waals surface area contributed by atoms with Crippen molar-refractivity contribution >= 4 is 28.8 Å². The third-order valence-corrected chi connectivity index (χ3v) is 5.30. The van der Waals surface area contributed by atoms with E-state index in [1.165, 1.54) is 0 Å². The van der Waals surface area contributed by atoms with Crippen LogP contribution in [-0.4, -0.2) is 34.0 Å². The SMILES string of the molecule is O=C(Cc1ccccc1Cl)N1CC(c2nc(-c3cccs3)no2)C1. The van der Waals surface area contributed by atoms with Gasteiger partial charge in [-0.05, 0) is 23.1 Å². The number of aromatic nitrogens is 2. The Kier molecular flexibility index (Phi) is 4.08. The van der Waals surface area contributed by atoms with E-state index in [0.29, 0.717) is 36.2 Å². The molecule has 3 heterocycles. The van der Waals surface area contributed by atoms with Crippen LogP contribution in [0.15, 0.2) is 46.3 Å². The van der Waals surface area contributed by atoms with Gasteiger partial charge in [0.05, 0.1) is 17.2 Å². The number of thiophene rings is 1. The maximum atomic E-state index is 12.3. The fourth-order valence-corrected chi connectivity index (χ4v) is 3.51. The predicted octanol–water partition coefficient (Wildman–Crippen LogP) is 3.62. The summed E-state index contributed by atoms with van der Waals surface area (Å²) < 4.78 is 5.34. The first kappa shape index (κ1) is 15.4. The predicted molar refractivity (Wildman–Crippen MR) is 92.1 cm³/mol. The third-order valence-electron chi connectivity index (χ3n) is 4.07. The Labute approximate surface area is 147 Å². The molecule has 0 aliphatic carbocycles. The van der Waals surface area contributed by atoms with Crippen molar-refractivity contribution in [1.29, 1.82) is 0 Å². The summed E-state index contributed by atoms with van der Waals surface area (Å²) in [6.45, 7) is 1.21. The number of amides is 1. The lowest BCUT2D eigenvalue weighted by atomic mass is 9.99. The Bertz CT molecular complexity index is 856. The van der Waals surface area contributed by atoms with Gasteiger partial charge in [-0.3, -0.25) is 4.79 Å². The maximum Gasteiger partial charge on any atom is 0.233 e. The van der Waals surface area contributed by atoms with E-state index >= 15 is 0 Å². The summed E-state index contributed by atoms with van der Waals surface area (Å²) in [6, 6.07) is 11.3. The molecule has 4 rings (SSSR count). The molecule has 0 spiro atoms. The first-order chi connectivity index (χ1) is 11.7. The summed E-state index contributed by atoms with van der Waals surface area (Å²) in [4.78, 5) is 19.5. The summed E-state index contributed by atoms with van der Waals surface area (Å²) in [5.41, 5.74) is 0.852. The normalized spacial score (nSPS) is 14.6. The minimum Gasteiger partial charge on any atom is -0.341 e. The zero-order valence-electron chi connectivity index (χ0n) is 12.7. The molecule has 3 aromatic rings. The topological polar surface area (TPSA) is 59.2 Å². The van der Waals surface area contributed by atoms with Crippen LogP contribution in [0.3, 0.4) is 0 Å². The van der Waals surface area contributed by atoms with E-state index in [9.17, 15) is 4.79 Å². The monoisotopic (exact) mass is 359 g/mol. The zero-order chi connectivity index (χ0) is 16.5. The third kappa shape index (κ3) is 2.95. The van der Waals surface area contributed by atoms with Crippen LogP contribution in [0.5, 0.6) is 0 Å². The Morgan fingerprint density at radius 3 is 2.88 bits per heavy atom. The summed E-state index contributed by atoms with van der Waals surface area (Å²) in [6.07, 6.45) is 0.316. The van der Waals surface area contributed by atoms with Gasteiger partial charge < -0.3 is 9.42 Å². The Morgan fingerprint density at radius 2 is 2.12 bits per heavy atom. The number of rotatable bonds is 4. The molecule has 0 radical (unpaired) electrons. The van der Waals surface area contributed by atoms with Gasteiger partial charge in [0.1, 0.15) is 0 Å². The van der Waals surface area contributed by atoms with E-state index in [-0.39, 0.29) is 11.8 Å². The molecule has 7 heteroatoms. The Morgan fingerprint density at radius 1 is 1.29 bits per heavy atom. The highest BCUT2D eigenvalue weighted by Crippen LogP contribution is 2.29. The van der Waals surface area contributed by atoms with E-state index in [2.05, 4.69) is 10.1 Å². The number of carbonyl (C=O) groups is 1. The second-order valence-corrected chi connectivity index (χ2v) is 7.05. The standard InChI is InChI=1S/C17H14ClN3O2S/c18-13-5-2-1-4-11(13)8-15(22)21-9-12(10-21)17-19-16(20-23-17)14-6-3-7-24-14/h1-7,12H,8-10H2. The van der Waals surface area contributed by atoms with Gasteiger partial charge in [0.15, 0.2) is 0 Å². The molecule has 1 aliphatic rings. The van der Waals surface area contributed by atoms with E-state index < -0.39 is 0 Å². The fraction of sp³-hybridized carbons (Fsp3) is 0.235. The highest BCUT2D eigenvalue weighted by atomic mass is 35.5. The van der Waals surface area contributed by atoms with E-state index in [1.54, 1.807) is 22.3 Å². The fourth-order valence-electron chi connectivity index (χ4n) is 2.66. The zero-order valence-corrected chi connectivity index (χ0v) is 14.3. The van der Waals surface area contributed by atoms with Gasteiger partial charge in [-0.1, -0.05) is 41.0 Å². The van der Waals surface area contributed by atoms with Crippen LogP contribution in [0.2, 0.25) is 5.02 Å². The van der Waals surface area contributed by atoms with Crippen LogP contribution in [0.25, 0.3) is 10.7 Å². The van der Waals surface area contributed by atoms with Crippen LogP contribution in [0.4, 0.5) is 0 Å². The molecule has 5 nitrogen and oxygen atoms in total.